The second kappa shape index (κ2) is 8.64. The molecule has 162 valence electrons. The third-order valence-corrected chi connectivity index (χ3v) is 7.36. The Bertz CT molecular complexity index is 1180. The van der Waals surface area contributed by atoms with E-state index in [0.717, 1.165) is 36.3 Å². The van der Waals surface area contributed by atoms with Crippen LogP contribution in [0.1, 0.15) is 41.0 Å². The molecule has 8 heteroatoms. The number of anilines is 1. The van der Waals surface area contributed by atoms with Crippen LogP contribution >= 0.6 is 0 Å². The molecule has 0 atom stereocenters. The average molecular weight is 439 g/mol. The van der Waals surface area contributed by atoms with Crippen molar-refractivity contribution in [1.29, 1.82) is 0 Å². The molecule has 0 aliphatic carbocycles. The van der Waals surface area contributed by atoms with Gasteiger partial charge in [0, 0.05) is 30.0 Å². The summed E-state index contributed by atoms with van der Waals surface area (Å²) in [5, 5.41) is 7.27. The monoisotopic (exact) mass is 438 g/mol. The zero-order valence-electron chi connectivity index (χ0n) is 17.7. The van der Waals surface area contributed by atoms with E-state index < -0.39 is 10.0 Å². The maximum absolute atomic E-state index is 12.7. The smallest absolute Gasteiger partial charge is 0.255 e. The minimum atomic E-state index is -3.48. The van der Waals surface area contributed by atoms with E-state index in [9.17, 15) is 13.2 Å². The first-order valence-electron chi connectivity index (χ1n) is 10.4. The van der Waals surface area contributed by atoms with Gasteiger partial charge in [0.15, 0.2) is 0 Å². The molecule has 1 amide bonds. The van der Waals surface area contributed by atoms with E-state index in [1.807, 2.05) is 36.7 Å². The molecular formula is C23H26N4O3S. The van der Waals surface area contributed by atoms with Crippen LogP contribution in [0.3, 0.4) is 0 Å². The molecule has 3 aromatic rings. The molecule has 2 heterocycles. The second-order valence-corrected chi connectivity index (χ2v) is 9.77. The van der Waals surface area contributed by atoms with E-state index in [1.54, 1.807) is 36.4 Å². The molecule has 1 N–H and O–H groups in total. The van der Waals surface area contributed by atoms with Gasteiger partial charge in [0.25, 0.3) is 5.91 Å². The standard InChI is InChI=1S/C23H26N4O3S/c1-17-16-18(2)27(25-17)21-10-6-19(7-11-21)23(28)24-20-8-12-22(13-9-20)31(29,30)26-14-4-3-5-15-26/h6-13,16H,3-5,14-15H2,1-2H3,(H,24,28). The third-order valence-electron chi connectivity index (χ3n) is 5.45. The number of amides is 1. The van der Waals surface area contributed by atoms with Gasteiger partial charge in [-0.15, -0.1) is 0 Å². The van der Waals surface area contributed by atoms with Crippen molar-refractivity contribution >= 4 is 21.6 Å². The fraction of sp³-hybridized carbons (Fsp3) is 0.304. The fourth-order valence-electron chi connectivity index (χ4n) is 3.81. The third kappa shape index (κ3) is 4.55. The Morgan fingerprint density at radius 3 is 2.16 bits per heavy atom. The molecular weight excluding hydrogens is 412 g/mol. The summed E-state index contributed by atoms with van der Waals surface area (Å²) >= 11 is 0. The highest BCUT2D eigenvalue weighted by atomic mass is 32.2. The van der Waals surface area contributed by atoms with Crippen LogP contribution in [0.15, 0.2) is 59.5 Å². The van der Waals surface area contributed by atoms with Gasteiger partial charge >= 0.3 is 0 Å². The van der Waals surface area contributed by atoms with Crippen molar-refractivity contribution in [3.8, 4) is 5.69 Å². The number of piperidine rings is 1. The summed E-state index contributed by atoms with van der Waals surface area (Å²) in [7, 11) is -3.48. The average Bonchev–Trinajstić information content (AvgIpc) is 3.12. The van der Waals surface area contributed by atoms with Crippen molar-refractivity contribution in [2.24, 2.45) is 0 Å². The van der Waals surface area contributed by atoms with Crippen LogP contribution in [-0.2, 0) is 10.0 Å². The maximum Gasteiger partial charge on any atom is 0.255 e. The van der Waals surface area contributed by atoms with Gasteiger partial charge in [-0.1, -0.05) is 6.42 Å². The predicted octanol–water partition coefficient (Wildman–Crippen LogP) is 3.92. The number of aromatic nitrogens is 2. The van der Waals surface area contributed by atoms with Gasteiger partial charge in [0.1, 0.15) is 0 Å². The van der Waals surface area contributed by atoms with Crippen molar-refractivity contribution in [3.05, 3.63) is 71.5 Å². The summed E-state index contributed by atoms with van der Waals surface area (Å²) in [6.07, 6.45) is 2.86. The van der Waals surface area contributed by atoms with Crippen molar-refractivity contribution in [3.63, 3.8) is 0 Å². The molecule has 1 aliphatic heterocycles. The number of carbonyl (C=O) groups excluding carboxylic acids is 1. The summed E-state index contributed by atoms with van der Waals surface area (Å²) in [5.74, 6) is -0.258. The molecule has 0 unspecified atom stereocenters. The summed E-state index contributed by atoms with van der Waals surface area (Å²) < 4.78 is 28.9. The number of benzene rings is 2. The van der Waals surface area contributed by atoms with Crippen LogP contribution in [0.4, 0.5) is 5.69 Å². The normalized spacial score (nSPS) is 15.0. The van der Waals surface area contributed by atoms with Crippen molar-refractivity contribution < 1.29 is 13.2 Å². The first-order valence-corrected chi connectivity index (χ1v) is 11.8. The Labute approximate surface area is 182 Å². The van der Waals surface area contributed by atoms with Crippen molar-refractivity contribution in [1.82, 2.24) is 14.1 Å². The molecule has 0 saturated carbocycles. The van der Waals surface area contributed by atoms with E-state index in [1.165, 1.54) is 4.31 Å². The summed E-state index contributed by atoms with van der Waals surface area (Å²) in [5.41, 5.74) is 3.90. The van der Waals surface area contributed by atoms with Crippen molar-refractivity contribution in [2.75, 3.05) is 18.4 Å². The van der Waals surface area contributed by atoms with Gasteiger partial charge in [0.05, 0.1) is 16.3 Å². The van der Waals surface area contributed by atoms with E-state index in [2.05, 4.69) is 10.4 Å². The lowest BCUT2D eigenvalue weighted by molar-refractivity contribution is 0.102. The Morgan fingerprint density at radius 1 is 0.935 bits per heavy atom. The fourth-order valence-corrected chi connectivity index (χ4v) is 5.33. The number of aryl methyl sites for hydroxylation is 2. The Balaban J connectivity index is 1.44. The summed E-state index contributed by atoms with van der Waals surface area (Å²) in [6, 6.07) is 15.5. The molecule has 4 rings (SSSR count). The number of rotatable bonds is 5. The molecule has 1 aliphatic rings. The number of sulfonamides is 1. The van der Waals surface area contributed by atoms with Crippen LogP contribution in [0.2, 0.25) is 0 Å². The minimum absolute atomic E-state index is 0.252. The molecule has 2 aromatic carbocycles. The maximum atomic E-state index is 12.7. The molecule has 0 radical (unpaired) electrons. The highest BCUT2D eigenvalue weighted by molar-refractivity contribution is 7.89. The molecule has 1 fully saturated rings. The van der Waals surface area contributed by atoms with Crippen LogP contribution in [0, 0.1) is 13.8 Å². The lowest BCUT2D eigenvalue weighted by atomic mass is 10.2. The van der Waals surface area contributed by atoms with Gasteiger partial charge in [-0.3, -0.25) is 4.79 Å². The van der Waals surface area contributed by atoms with Crippen LogP contribution in [0.25, 0.3) is 5.69 Å². The van der Waals surface area contributed by atoms with E-state index >= 15 is 0 Å². The lowest BCUT2D eigenvalue weighted by Gasteiger charge is -2.25. The van der Waals surface area contributed by atoms with Crippen LogP contribution in [-0.4, -0.2) is 41.5 Å². The van der Waals surface area contributed by atoms with Gasteiger partial charge < -0.3 is 5.32 Å². The second-order valence-electron chi connectivity index (χ2n) is 7.83. The summed E-state index contributed by atoms with van der Waals surface area (Å²) in [6.45, 7) is 5.05. The zero-order valence-corrected chi connectivity index (χ0v) is 18.5. The SMILES string of the molecule is Cc1cc(C)n(-c2ccc(C(=O)Nc3ccc(S(=O)(=O)N4CCCCC4)cc3)cc2)n1. The Hall–Kier alpha value is -2.97. The number of nitrogens with one attached hydrogen (secondary N) is 1. The largest absolute Gasteiger partial charge is 0.322 e. The van der Waals surface area contributed by atoms with Crippen molar-refractivity contribution in [2.45, 2.75) is 38.0 Å². The van der Waals surface area contributed by atoms with E-state index in [4.69, 9.17) is 0 Å². The quantitative estimate of drug-likeness (QED) is 0.654. The molecule has 1 saturated heterocycles. The molecule has 7 nitrogen and oxygen atoms in total. The van der Waals surface area contributed by atoms with Gasteiger partial charge in [-0.05, 0) is 81.3 Å². The zero-order chi connectivity index (χ0) is 22.0. The number of nitrogens with zero attached hydrogens (tertiary/aromatic N) is 3. The molecule has 0 spiro atoms. The van der Waals surface area contributed by atoms with Gasteiger partial charge in [-0.25, -0.2) is 13.1 Å². The van der Waals surface area contributed by atoms with Crippen LogP contribution in [0.5, 0.6) is 0 Å². The lowest BCUT2D eigenvalue weighted by Crippen LogP contribution is -2.35. The molecule has 1 aromatic heterocycles. The summed E-state index contributed by atoms with van der Waals surface area (Å²) in [4.78, 5) is 12.9. The Morgan fingerprint density at radius 2 is 1.58 bits per heavy atom. The number of hydrogen-bond donors (Lipinski definition) is 1. The van der Waals surface area contributed by atoms with Crippen LogP contribution < -0.4 is 5.32 Å². The van der Waals surface area contributed by atoms with E-state index in [-0.39, 0.29) is 10.8 Å². The minimum Gasteiger partial charge on any atom is -0.322 e. The highest BCUT2D eigenvalue weighted by Gasteiger charge is 2.25. The van der Waals surface area contributed by atoms with E-state index in [0.29, 0.717) is 24.3 Å². The first kappa shape index (κ1) is 21.3. The van der Waals surface area contributed by atoms with Gasteiger partial charge in [-0.2, -0.15) is 9.40 Å². The molecule has 0 bridgehead atoms. The Kier molecular flexibility index (Phi) is 5.93. The molecule has 31 heavy (non-hydrogen) atoms. The topological polar surface area (TPSA) is 84.3 Å². The highest BCUT2D eigenvalue weighted by Crippen LogP contribution is 2.22. The predicted molar refractivity (Wildman–Crippen MR) is 120 cm³/mol. The number of hydrogen-bond acceptors (Lipinski definition) is 4. The van der Waals surface area contributed by atoms with Gasteiger partial charge in [0.2, 0.25) is 10.0 Å². The first-order chi connectivity index (χ1) is 14.8. The number of carbonyl (C=O) groups is 1.